The quantitative estimate of drug-likeness (QED) is 0.503. The second-order valence-corrected chi connectivity index (χ2v) is 8.65. The first kappa shape index (κ1) is 18.4. The molecule has 3 aromatic rings. The highest BCUT2D eigenvalue weighted by Crippen LogP contribution is 2.40. The van der Waals surface area contributed by atoms with Crippen LogP contribution in [-0.2, 0) is 12.2 Å². The van der Waals surface area contributed by atoms with Crippen LogP contribution in [0, 0.1) is 6.92 Å². The van der Waals surface area contributed by atoms with Crippen molar-refractivity contribution in [1.29, 1.82) is 0 Å². The monoisotopic (exact) mass is 401 g/mol. The Morgan fingerprint density at radius 3 is 2.63 bits per heavy atom. The highest BCUT2D eigenvalue weighted by atomic mass is 32.2. The molecule has 0 radical (unpaired) electrons. The second-order valence-electron chi connectivity index (χ2n) is 6.68. The number of methoxy groups -OCH3 is 2. The predicted molar refractivity (Wildman–Crippen MR) is 109 cm³/mol. The molecule has 1 aliphatic rings. The molecule has 2 heterocycles. The van der Waals surface area contributed by atoms with E-state index in [9.17, 15) is 0 Å². The van der Waals surface area contributed by atoms with Crippen LogP contribution in [-0.4, -0.2) is 29.0 Å². The minimum atomic E-state index is 0.559. The summed E-state index contributed by atoms with van der Waals surface area (Å²) < 4.78 is 13.2. The number of rotatable bonds is 8. The summed E-state index contributed by atoms with van der Waals surface area (Å²) in [5, 5.41) is 12.1. The van der Waals surface area contributed by atoms with Gasteiger partial charge in [-0.1, -0.05) is 17.8 Å². The molecule has 7 heteroatoms. The van der Waals surface area contributed by atoms with E-state index in [0.717, 1.165) is 34.7 Å². The van der Waals surface area contributed by atoms with E-state index >= 15 is 0 Å². The van der Waals surface area contributed by atoms with Gasteiger partial charge in [0.05, 0.1) is 14.2 Å². The van der Waals surface area contributed by atoms with Crippen LogP contribution in [0.1, 0.15) is 40.7 Å². The van der Waals surface area contributed by atoms with Crippen LogP contribution in [0.3, 0.4) is 0 Å². The Hall–Kier alpha value is -1.99. The average Bonchev–Trinajstić information content (AvgIpc) is 3.23. The second kappa shape index (κ2) is 7.94. The summed E-state index contributed by atoms with van der Waals surface area (Å²) in [4.78, 5) is 1.33. The summed E-state index contributed by atoms with van der Waals surface area (Å²) in [6.07, 6.45) is 3.30. The first-order chi connectivity index (χ1) is 13.2. The van der Waals surface area contributed by atoms with Crippen molar-refractivity contribution in [3.8, 4) is 11.5 Å². The molecule has 5 nitrogen and oxygen atoms in total. The molecular weight excluding hydrogens is 378 g/mol. The van der Waals surface area contributed by atoms with Crippen molar-refractivity contribution in [2.45, 2.75) is 43.1 Å². The average molecular weight is 402 g/mol. The van der Waals surface area contributed by atoms with Gasteiger partial charge in [0.15, 0.2) is 16.7 Å². The molecule has 0 saturated heterocycles. The van der Waals surface area contributed by atoms with Gasteiger partial charge in [0.25, 0.3) is 0 Å². The van der Waals surface area contributed by atoms with Gasteiger partial charge in [0.1, 0.15) is 5.82 Å². The van der Waals surface area contributed by atoms with Gasteiger partial charge in [0.2, 0.25) is 0 Å². The van der Waals surface area contributed by atoms with Gasteiger partial charge in [-0.25, -0.2) is 0 Å². The number of hydrogen-bond donors (Lipinski definition) is 0. The molecular formula is C20H23N3O2S2. The Morgan fingerprint density at radius 2 is 1.96 bits per heavy atom. The molecule has 0 amide bonds. The molecule has 0 spiro atoms. The molecule has 4 rings (SSSR count). The van der Waals surface area contributed by atoms with Crippen molar-refractivity contribution in [3.63, 3.8) is 0 Å². The Bertz CT molecular complexity index is 918. The zero-order chi connectivity index (χ0) is 18.8. The third-order valence-electron chi connectivity index (χ3n) is 4.76. The lowest BCUT2D eigenvalue weighted by Crippen LogP contribution is -2.03. The summed E-state index contributed by atoms with van der Waals surface area (Å²) >= 11 is 3.52. The third-order valence-corrected chi connectivity index (χ3v) is 6.63. The molecule has 0 aliphatic heterocycles. The molecule has 1 aliphatic carbocycles. The lowest BCUT2D eigenvalue weighted by atomic mass is 10.1. The number of hydrogen-bond acceptors (Lipinski definition) is 6. The van der Waals surface area contributed by atoms with Crippen LogP contribution in [0.4, 0.5) is 0 Å². The van der Waals surface area contributed by atoms with Gasteiger partial charge in [-0.2, -0.15) is 0 Å². The van der Waals surface area contributed by atoms with E-state index in [4.69, 9.17) is 9.47 Å². The first-order valence-corrected chi connectivity index (χ1v) is 10.9. The zero-order valence-electron chi connectivity index (χ0n) is 15.8. The van der Waals surface area contributed by atoms with Gasteiger partial charge >= 0.3 is 0 Å². The van der Waals surface area contributed by atoms with Crippen molar-refractivity contribution in [1.82, 2.24) is 14.8 Å². The number of thiophene rings is 1. The van der Waals surface area contributed by atoms with Crippen molar-refractivity contribution in [2.75, 3.05) is 14.2 Å². The van der Waals surface area contributed by atoms with E-state index in [2.05, 4.69) is 45.3 Å². The van der Waals surface area contributed by atoms with E-state index in [1.165, 1.54) is 28.8 Å². The van der Waals surface area contributed by atoms with E-state index in [1.54, 1.807) is 37.3 Å². The number of thioether (sulfide) groups is 1. The van der Waals surface area contributed by atoms with Crippen LogP contribution >= 0.6 is 23.1 Å². The number of nitrogens with zero attached hydrogens (tertiary/aromatic N) is 3. The highest BCUT2D eigenvalue weighted by molar-refractivity contribution is 7.98. The Kier molecular flexibility index (Phi) is 5.41. The maximum Gasteiger partial charge on any atom is 0.191 e. The molecule has 0 unspecified atom stereocenters. The largest absolute Gasteiger partial charge is 0.493 e. The van der Waals surface area contributed by atoms with Gasteiger partial charge in [-0.05, 0) is 54.5 Å². The van der Waals surface area contributed by atoms with Crippen molar-refractivity contribution in [2.24, 2.45) is 0 Å². The maximum absolute atomic E-state index is 5.45. The standard InChI is InChI=1S/C20H23N3O2S2/c1-13-9-17(24-2)18(25-3)10-14(13)12-27-20-22-21-19(23(20)15-6-7-15)11-16-5-4-8-26-16/h4-5,8-10,15H,6-7,11-12H2,1-3H3. The molecule has 0 N–H and O–H groups in total. The Morgan fingerprint density at radius 1 is 1.19 bits per heavy atom. The number of aromatic nitrogens is 3. The number of benzene rings is 1. The number of aryl methyl sites for hydroxylation is 1. The van der Waals surface area contributed by atoms with E-state index in [-0.39, 0.29) is 0 Å². The van der Waals surface area contributed by atoms with E-state index < -0.39 is 0 Å². The van der Waals surface area contributed by atoms with E-state index in [1.807, 2.05) is 6.07 Å². The Labute approximate surface area is 167 Å². The maximum atomic E-state index is 5.45. The van der Waals surface area contributed by atoms with Crippen LogP contribution in [0.25, 0.3) is 0 Å². The SMILES string of the molecule is COc1cc(C)c(CSc2nnc(Cc3cccs3)n2C2CC2)cc1OC. The molecule has 2 aromatic heterocycles. The fraction of sp³-hybridized carbons (Fsp3) is 0.400. The summed E-state index contributed by atoms with van der Waals surface area (Å²) in [7, 11) is 3.34. The topological polar surface area (TPSA) is 49.2 Å². The van der Waals surface area contributed by atoms with Crippen LogP contribution < -0.4 is 9.47 Å². The van der Waals surface area contributed by atoms with Crippen molar-refractivity contribution >= 4 is 23.1 Å². The normalized spacial score (nSPS) is 13.7. The van der Waals surface area contributed by atoms with Crippen molar-refractivity contribution < 1.29 is 9.47 Å². The number of ether oxygens (including phenoxy) is 2. The van der Waals surface area contributed by atoms with Gasteiger partial charge < -0.3 is 14.0 Å². The molecule has 1 fully saturated rings. The summed E-state index contributed by atoms with van der Waals surface area (Å²) in [5.74, 6) is 3.44. The fourth-order valence-electron chi connectivity index (χ4n) is 3.12. The molecule has 27 heavy (non-hydrogen) atoms. The predicted octanol–water partition coefficient (Wildman–Crippen LogP) is 4.88. The van der Waals surface area contributed by atoms with Crippen LogP contribution in [0.2, 0.25) is 0 Å². The lowest BCUT2D eigenvalue weighted by Gasteiger charge is -2.13. The molecule has 1 saturated carbocycles. The highest BCUT2D eigenvalue weighted by Gasteiger charge is 2.29. The Balaban J connectivity index is 1.54. The van der Waals surface area contributed by atoms with Gasteiger partial charge in [-0.3, -0.25) is 0 Å². The van der Waals surface area contributed by atoms with Gasteiger partial charge in [0, 0.05) is 23.1 Å². The summed E-state index contributed by atoms with van der Waals surface area (Å²) in [5.41, 5.74) is 2.42. The first-order valence-electron chi connectivity index (χ1n) is 9.00. The van der Waals surface area contributed by atoms with Gasteiger partial charge in [-0.15, -0.1) is 21.5 Å². The minimum absolute atomic E-state index is 0.559. The summed E-state index contributed by atoms with van der Waals surface area (Å²) in [6, 6.07) is 8.90. The lowest BCUT2D eigenvalue weighted by molar-refractivity contribution is 0.354. The molecule has 0 atom stereocenters. The van der Waals surface area contributed by atoms with Crippen molar-refractivity contribution in [3.05, 3.63) is 51.5 Å². The van der Waals surface area contributed by atoms with Crippen LogP contribution in [0.15, 0.2) is 34.8 Å². The fourth-order valence-corrected chi connectivity index (χ4v) is 4.90. The molecule has 1 aromatic carbocycles. The van der Waals surface area contributed by atoms with Crippen LogP contribution in [0.5, 0.6) is 11.5 Å². The van der Waals surface area contributed by atoms with E-state index in [0.29, 0.717) is 6.04 Å². The minimum Gasteiger partial charge on any atom is -0.493 e. The molecule has 0 bridgehead atoms. The smallest absolute Gasteiger partial charge is 0.191 e. The summed E-state index contributed by atoms with van der Waals surface area (Å²) in [6.45, 7) is 2.10. The zero-order valence-corrected chi connectivity index (χ0v) is 17.4. The molecule has 142 valence electrons. The third kappa shape index (κ3) is 3.99.